The van der Waals surface area contributed by atoms with Crippen molar-refractivity contribution in [3.05, 3.63) is 41.8 Å². The van der Waals surface area contributed by atoms with Crippen LogP contribution < -0.4 is 0 Å². The molecular weight excluding hydrogens is 189 g/mol. The van der Waals surface area contributed by atoms with Crippen molar-refractivity contribution in [3.8, 4) is 0 Å². The lowest BCUT2D eigenvalue weighted by Gasteiger charge is -2.05. The van der Waals surface area contributed by atoms with Gasteiger partial charge in [-0.2, -0.15) is 0 Å². The van der Waals surface area contributed by atoms with E-state index in [1.807, 2.05) is 12.3 Å². The maximum Gasteiger partial charge on any atom is 0.123 e. The van der Waals surface area contributed by atoms with Gasteiger partial charge >= 0.3 is 0 Å². The van der Waals surface area contributed by atoms with Crippen LogP contribution in [0.4, 0.5) is 4.39 Å². The summed E-state index contributed by atoms with van der Waals surface area (Å²) in [6, 6.07) is 6.71. The van der Waals surface area contributed by atoms with Crippen LogP contribution >= 0.6 is 0 Å². The minimum absolute atomic E-state index is 0.203. The molecule has 0 aliphatic rings. The van der Waals surface area contributed by atoms with Gasteiger partial charge in [-0.15, -0.1) is 0 Å². The standard InChI is InChI=1S/C13H14FN/c1-9(2)5-10-6-11-7-12(14)3-4-13(11)15-8-10/h3-4,6-9H,5H2,1-2H3. The Balaban J connectivity index is 2.45. The fourth-order valence-electron chi connectivity index (χ4n) is 1.73. The molecule has 0 N–H and O–H groups in total. The van der Waals surface area contributed by atoms with Gasteiger partial charge in [0.1, 0.15) is 5.82 Å². The molecule has 0 radical (unpaired) electrons. The number of pyridine rings is 1. The second-order valence-electron chi connectivity index (χ2n) is 4.28. The van der Waals surface area contributed by atoms with E-state index in [4.69, 9.17) is 0 Å². The molecule has 15 heavy (non-hydrogen) atoms. The number of hydrogen-bond acceptors (Lipinski definition) is 1. The Bertz CT molecular complexity index is 477. The number of halogens is 1. The Morgan fingerprint density at radius 2 is 2.07 bits per heavy atom. The molecule has 1 nitrogen and oxygen atoms in total. The summed E-state index contributed by atoms with van der Waals surface area (Å²) >= 11 is 0. The first-order valence-electron chi connectivity index (χ1n) is 5.19. The first-order chi connectivity index (χ1) is 7.15. The molecule has 0 bridgehead atoms. The third-order valence-corrected chi connectivity index (χ3v) is 2.34. The van der Waals surface area contributed by atoms with Crippen LogP contribution in [0.25, 0.3) is 10.9 Å². The number of rotatable bonds is 2. The molecule has 0 aliphatic heterocycles. The lowest BCUT2D eigenvalue weighted by atomic mass is 10.0. The maximum absolute atomic E-state index is 13.0. The molecule has 0 saturated carbocycles. The van der Waals surface area contributed by atoms with Crippen LogP contribution in [0.15, 0.2) is 30.5 Å². The Hall–Kier alpha value is -1.44. The molecule has 78 valence electrons. The van der Waals surface area contributed by atoms with Gasteiger partial charge in [-0.3, -0.25) is 4.98 Å². The van der Waals surface area contributed by atoms with Crippen molar-refractivity contribution >= 4 is 10.9 Å². The Labute approximate surface area is 89.0 Å². The van der Waals surface area contributed by atoms with Crippen molar-refractivity contribution in [3.63, 3.8) is 0 Å². The topological polar surface area (TPSA) is 12.9 Å². The third-order valence-electron chi connectivity index (χ3n) is 2.34. The molecule has 0 amide bonds. The molecule has 0 spiro atoms. The Morgan fingerprint density at radius 3 is 2.80 bits per heavy atom. The average molecular weight is 203 g/mol. The van der Waals surface area contributed by atoms with E-state index >= 15 is 0 Å². The van der Waals surface area contributed by atoms with Crippen molar-refractivity contribution in [1.29, 1.82) is 0 Å². The summed E-state index contributed by atoms with van der Waals surface area (Å²) < 4.78 is 13.0. The second-order valence-corrected chi connectivity index (χ2v) is 4.28. The molecular formula is C13H14FN. The van der Waals surface area contributed by atoms with E-state index < -0.39 is 0 Å². The van der Waals surface area contributed by atoms with Crippen molar-refractivity contribution in [2.24, 2.45) is 5.92 Å². The van der Waals surface area contributed by atoms with E-state index in [-0.39, 0.29) is 5.82 Å². The summed E-state index contributed by atoms with van der Waals surface area (Å²) in [5, 5.41) is 0.883. The highest BCUT2D eigenvalue weighted by Gasteiger charge is 2.01. The monoisotopic (exact) mass is 203 g/mol. The zero-order valence-corrected chi connectivity index (χ0v) is 9.00. The summed E-state index contributed by atoms with van der Waals surface area (Å²) in [6.45, 7) is 4.32. The van der Waals surface area contributed by atoms with Crippen LogP contribution in [0.1, 0.15) is 19.4 Å². The van der Waals surface area contributed by atoms with Gasteiger partial charge in [-0.1, -0.05) is 13.8 Å². The van der Waals surface area contributed by atoms with Gasteiger partial charge in [0.15, 0.2) is 0 Å². The summed E-state index contributed by atoms with van der Waals surface area (Å²) in [6.07, 6.45) is 2.86. The summed E-state index contributed by atoms with van der Waals surface area (Å²) in [5.41, 5.74) is 2.02. The van der Waals surface area contributed by atoms with Gasteiger partial charge in [0.05, 0.1) is 5.52 Å². The highest BCUT2D eigenvalue weighted by Crippen LogP contribution is 2.16. The van der Waals surface area contributed by atoms with Crippen molar-refractivity contribution in [2.75, 3.05) is 0 Å². The molecule has 1 aromatic carbocycles. The lowest BCUT2D eigenvalue weighted by Crippen LogP contribution is -1.95. The molecule has 1 aromatic heterocycles. The average Bonchev–Trinajstić information content (AvgIpc) is 2.16. The van der Waals surface area contributed by atoms with Crippen LogP contribution in [-0.2, 0) is 6.42 Å². The lowest BCUT2D eigenvalue weighted by molar-refractivity contribution is 0.629. The summed E-state index contributed by atoms with van der Waals surface area (Å²) in [4.78, 5) is 4.31. The third kappa shape index (κ3) is 2.32. The van der Waals surface area contributed by atoms with E-state index in [1.165, 1.54) is 17.7 Å². The highest BCUT2D eigenvalue weighted by molar-refractivity contribution is 5.78. The first-order valence-corrected chi connectivity index (χ1v) is 5.19. The number of nitrogens with zero attached hydrogens (tertiary/aromatic N) is 1. The summed E-state index contributed by atoms with van der Waals surface area (Å²) in [7, 11) is 0. The van der Waals surface area contributed by atoms with Crippen molar-refractivity contribution in [2.45, 2.75) is 20.3 Å². The van der Waals surface area contributed by atoms with E-state index in [0.29, 0.717) is 5.92 Å². The predicted octanol–water partition coefficient (Wildman–Crippen LogP) is 3.57. The molecule has 2 heteroatoms. The Morgan fingerprint density at radius 1 is 1.27 bits per heavy atom. The van der Waals surface area contributed by atoms with Crippen LogP contribution in [0.3, 0.4) is 0 Å². The Kier molecular flexibility index (Phi) is 2.67. The number of hydrogen-bond donors (Lipinski definition) is 0. The van der Waals surface area contributed by atoms with Crippen molar-refractivity contribution < 1.29 is 4.39 Å². The van der Waals surface area contributed by atoms with Crippen LogP contribution in [0.5, 0.6) is 0 Å². The fraction of sp³-hybridized carbons (Fsp3) is 0.308. The van der Waals surface area contributed by atoms with Gasteiger partial charge in [0, 0.05) is 11.6 Å². The zero-order chi connectivity index (χ0) is 10.8. The SMILES string of the molecule is CC(C)Cc1cnc2ccc(F)cc2c1. The van der Waals surface area contributed by atoms with Crippen LogP contribution in [-0.4, -0.2) is 4.98 Å². The van der Waals surface area contributed by atoms with Gasteiger partial charge in [-0.25, -0.2) is 4.39 Å². The number of fused-ring (bicyclic) bond motifs is 1. The zero-order valence-electron chi connectivity index (χ0n) is 9.00. The molecule has 2 aromatic rings. The smallest absolute Gasteiger partial charge is 0.123 e. The molecule has 0 saturated heterocycles. The number of aromatic nitrogens is 1. The normalized spacial score (nSPS) is 11.2. The van der Waals surface area contributed by atoms with E-state index in [2.05, 4.69) is 18.8 Å². The predicted molar refractivity (Wildman–Crippen MR) is 60.2 cm³/mol. The minimum Gasteiger partial charge on any atom is -0.256 e. The van der Waals surface area contributed by atoms with Gasteiger partial charge in [-0.05, 0) is 42.2 Å². The van der Waals surface area contributed by atoms with Crippen molar-refractivity contribution in [1.82, 2.24) is 4.98 Å². The minimum atomic E-state index is -0.203. The van der Waals surface area contributed by atoms with Crippen LogP contribution in [0, 0.1) is 11.7 Å². The molecule has 2 rings (SSSR count). The molecule has 0 aliphatic carbocycles. The quantitative estimate of drug-likeness (QED) is 0.727. The van der Waals surface area contributed by atoms with Gasteiger partial charge < -0.3 is 0 Å². The van der Waals surface area contributed by atoms with Crippen LogP contribution in [0.2, 0.25) is 0 Å². The van der Waals surface area contributed by atoms with Gasteiger partial charge in [0.2, 0.25) is 0 Å². The van der Waals surface area contributed by atoms with E-state index in [9.17, 15) is 4.39 Å². The number of benzene rings is 1. The molecule has 0 unspecified atom stereocenters. The van der Waals surface area contributed by atoms with Gasteiger partial charge in [0.25, 0.3) is 0 Å². The summed E-state index contributed by atoms with van der Waals surface area (Å²) in [5.74, 6) is 0.392. The first kappa shape index (κ1) is 10.1. The van der Waals surface area contributed by atoms with E-state index in [0.717, 1.165) is 17.3 Å². The largest absolute Gasteiger partial charge is 0.256 e. The molecule has 1 heterocycles. The maximum atomic E-state index is 13.0. The highest BCUT2D eigenvalue weighted by atomic mass is 19.1. The fourth-order valence-corrected chi connectivity index (χ4v) is 1.73. The molecule has 0 fully saturated rings. The van der Waals surface area contributed by atoms with E-state index in [1.54, 1.807) is 6.07 Å². The second kappa shape index (κ2) is 3.97. The molecule has 0 atom stereocenters.